The molecule has 20 heavy (non-hydrogen) atoms. The van der Waals surface area contributed by atoms with Gasteiger partial charge < -0.3 is 10.5 Å². The molecule has 0 aliphatic rings. The van der Waals surface area contributed by atoms with Gasteiger partial charge in [0.25, 0.3) is 5.91 Å². The number of esters is 1. The Labute approximate surface area is 115 Å². The van der Waals surface area contributed by atoms with Crippen LogP contribution >= 0.6 is 0 Å². The van der Waals surface area contributed by atoms with Gasteiger partial charge in [-0.3, -0.25) is 14.9 Å². The maximum Gasteiger partial charge on any atom is 0.318 e. The van der Waals surface area contributed by atoms with E-state index in [1.165, 1.54) is 19.1 Å². The van der Waals surface area contributed by atoms with Gasteiger partial charge in [0.15, 0.2) is 6.10 Å². The monoisotopic (exact) mass is 282 g/mol. The first-order chi connectivity index (χ1) is 9.38. The van der Waals surface area contributed by atoms with Crippen LogP contribution in [0.15, 0.2) is 24.3 Å². The Kier molecular flexibility index (Phi) is 5.64. The Morgan fingerprint density at radius 1 is 1.30 bits per heavy atom. The summed E-state index contributed by atoms with van der Waals surface area (Å²) in [5.41, 5.74) is 5.54. The van der Waals surface area contributed by atoms with Crippen LogP contribution in [0, 0.1) is 5.82 Å². The van der Waals surface area contributed by atoms with Crippen molar-refractivity contribution < 1.29 is 23.5 Å². The zero-order chi connectivity index (χ0) is 15.1. The zero-order valence-corrected chi connectivity index (χ0v) is 10.9. The van der Waals surface area contributed by atoms with Crippen LogP contribution in [-0.4, -0.2) is 24.0 Å². The van der Waals surface area contributed by atoms with Gasteiger partial charge in [-0.25, -0.2) is 9.18 Å². The Morgan fingerprint density at radius 2 is 1.90 bits per heavy atom. The number of urea groups is 1. The van der Waals surface area contributed by atoms with Crippen molar-refractivity contribution in [3.8, 4) is 0 Å². The summed E-state index contributed by atoms with van der Waals surface area (Å²) in [5.74, 6) is -1.73. The van der Waals surface area contributed by atoms with Gasteiger partial charge in [0.2, 0.25) is 0 Å². The van der Waals surface area contributed by atoms with Gasteiger partial charge in [-0.1, -0.05) is 12.1 Å². The van der Waals surface area contributed by atoms with Crippen LogP contribution in [0.3, 0.4) is 0 Å². The van der Waals surface area contributed by atoms with Gasteiger partial charge >= 0.3 is 12.0 Å². The lowest BCUT2D eigenvalue weighted by molar-refractivity contribution is -0.154. The molecule has 1 aromatic rings. The summed E-state index contributed by atoms with van der Waals surface area (Å²) in [4.78, 5) is 33.2. The molecule has 0 unspecified atom stereocenters. The summed E-state index contributed by atoms with van der Waals surface area (Å²) in [6.45, 7) is 1.33. The molecule has 0 saturated heterocycles. The van der Waals surface area contributed by atoms with Crippen molar-refractivity contribution in [2.75, 3.05) is 0 Å². The van der Waals surface area contributed by atoms with Crippen LogP contribution in [-0.2, 0) is 20.7 Å². The summed E-state index contributed by atoms with van der Waals surface area (Å²) in [7, 11) is 0. The molecule has 1 atom stereocenters. The lowest BCUT2D eigenvalue weighted by Crippen LogP contribution is -2.42. The highest BCUT2D eigenvalue weighted by molar-refractivity contribution is 5.96. The Bertz CT molecular complexity index is 502. The number of amides is 3. The van der Waals surface area contributed by atoms with Crippen molar-refractivity contribution in [1.29, 1.82) is 0 Å². The largest absolute Gasteiger partial charge is 0.453 e. The first-order valence-corrected chi connectivity index (χ1v) is 5.92. The average Bonchev–Trinajstić information content (AvgIpc) is 2.37. The van der Waals surface area contributed by atoms with E-state index in [-0.39, 0.29) is 12.2 Å². The van der Waals surface area contributed by atoms with E-state index < -0.39 is 24.0 Å². The molecule has 0 fully saturated rings. The number of primary amides is 1. The van der Waals surface area contributed by atoms with E-state index in [9.17, 15) is 18.8 Å². The maximum atomic E-state index is 12.7. The number of ether oxygens (including phenoxy) is 1. The number of rotatable bonds is 5. The number of halogens is 1. The molecule has 0 radical (unpaired) electrons. The molecule has 3 N–H and O–H groups in total. The first kappa shape index (κ1) is 15.6. The predicted octanol–water partition coefficient (Wildman–Crippen LogP) is 0.885. The number of nitrogens with one attached hydrogen (secondary N) is 1. The van der Waals surface area contributed by atoms with Crippen LogP contribution in [0.4, 0.5) is 9.18 Å². The second kappa shape index (κ2) is 7.22. The molecule has 0 saturated carbocycles. The quantitative estimate of drug-likeness (QED) is 0.783. The van der Waals surface area contributed by atoms with E-state index in [4.69, 9.17) is 10.5 Å². The number of aryl methyl sites for hydroxylation is 1. The van der Waals surface area contributed by atoms with Gasteiger partial charge in [-0.05, 0) is 31.0 Å². The average molecular weight is 282 g/mol. The number of carbonyl (C=O) groups is 3. The minimum Gasteiger partial charge on any atom is -0.453 e. The van der Waals surface area contributed by atoms with Crippen LogP contribution < -0.4 is 11.1 Å². The van der Waals surface area contributed by atoms with Crippen LogP contribution in [0.1, 0.15) is 18.9 Å². The van der Waals surface area contributed by atoms with E-state index >= 15 is 0 Å². The third-order valence-corrected chi connectivity index (χ3v) is 2.45. The minimum absolute atomic E-state index is 0.0415. The third kappa shape index (κ3) is 5.47. The fourth-order valence-electron chi connectivity index (χ4n) is 1.43. The van der Waals surface area contributed by atoms with Crippen molar-refractivity contribution in [2.45, 2.75) is 25.9 Å². The van der Waals surface area contributed by atoms with Gasteiger partial charge in [-0.15, -0.1) is 0 Å². The summed E-state index contributed by atoms with van der Waals surface area (Å²) < 4.78 is 17.5. The number of carbonyl (C=O) groups excluding carboxylic acids is 3. The minimum atomic E-state index is -1.11. The smallest absolute Gasteiger partial charge is 0.318 e. The summed E-state index contributed by atoms with van der Waals surface area (Å²) in [5, 5.41) is 1.81. The normalized spacial score (nSPS) is 11.5. The Balaban J connectivity index is 2.38. The SMILES string of the molecule is C[C@H](OC(=O)CCc1ccc(F)cc1)C(=O)NC(N)=O. The van der Waals surface area contributed by atoms with Gasteiger partial charge in [0.1, 0.15) is 5.82 Å². The Morgan fingerprint density at radius 3 is 2.45 bits per heavy atom. The van der Waals surface area contributed by atoms with Crippen molar-refractivity contribution >= 4 is 17.9 Å². The zero-order valence-electron chi connectivity index (χ0n) is 10.9. The maximum absolute atomic E-state index is 12.7. The van der Waals surface area contributed by atoms with Crippen LogP contribution in [0.25, 0.3) is 0 Å². The Hall–Kier alpha value is -2.44. The fourth-order valence-corrected chi connectivity index (χ4v) is 1.43. The number of hydrogen-bond donors (Lipinski definition) is 2. The highest BCUT2D eigenvalue weighted by Crippen LogP contribution is 2.06. The van der Waals surface area contributed by atoms with Crippen molar-refractivity contribution in [2.24, 2.45) is 5.73 Å². The molecule has 108 valence electrons. The van der Waals surface area contributed by atoms with Gasteiger partial charge in [-0.2, -0.15) is 0 Å². The molecule has 7 heteroatoms. The lowest BCUT2D eigenvalue weighted by Gasteiger charge is -2.11. The summed E-state index contributed by atoms with van der Waals surface area (Å²) in [6, 6.07) is 4.70. The molecule has 0 bridgehead atoms. The fraction of sp³-hybridized carbons (Fsp3) is 0.308. The van der Waals surface area contributed by atoms with Gasteiger partial charge in [0, 0.05) is 6.42 Å². The first-order valence-electron chi connectivity index (χ1n) is 5.92. The van der Waals surface area contributed by atoms with Gasteiger partial charge in [0.05, 0.1) is 0 Å². The molecule has 0 spiro atoms. The molecule has 0 aliphatic carbocycles. The van der Waals surface area contributed by atoms with Crippen molar-refractivity contribution in [1.82, 2.24) is 5.32 Å². The molecule has 3 amide bonds. The molecule has 0 heterocycles. The standard InChI is InChI=1S/C13H15FN2O4/c1-8(12(18)16-13(15)19)20-11(17)7-4-9-2-5-10(14)6-3-9/h2-3,5-6,8H,4,7H2,1H3,(H3,15,16,18,19)/t8-/m0/s1. The second-order valence-corrected chi connectivity index (χ2v) is 4.11. The second-order valence-electron chi connectivity index (χ2n) is 4.11. The molecule has 1 aromatic carbocycles. The molecule has 6 nitrogen and oxygen atoms in total. The number of benzene rings is 1. The molecular formula is C13H15FN2O4. The molecule has 0 aliphatic heterocycles. The number of nitrogens with two attached hydrogens (primary N) is 1. The molecule has 1 rings (SSSR count). The van der Waals surface area contributed by atoms with E-state index in [0.717, 1.165) is 5.56 Å². The van der Waals surface area contributed by atoms with Crippen LogP contribution in [0.5, 0.6) is 0 Å². The van der Waals surface area contributed by atoms with E-state index in [0.29, 0.717) is 6.42 Å². The number of imide groups is 1. The van der Waals surface area contributed by atoms with Crippen molar-refractivity contribution in [3.05, 3.63) is 35.6 Å². The van der Waals surface area contributed by atoms with E-state index in [1.54, 1.807) is 12.1 Å². The van der Waals surface area contributed by atoms with Crippen LogP contribution in [0.2, 0.25) is 0 Å². The van der Waals surface area contributed by atoms with Crippen molar-refractivity contribution in [3.63, 3.8) is 0 Å². The lowest BCUT2D eigenvalue weighted by atomic mass is 10.1. The highest BCUT2D eigenvalue weighted by atomic mass is 19.1. The third-order valence-electron chi connectivity index (χ3n) is 2.45. The molecule has 0 aromatic heterocycles. The summed E-state index contributed by atoms with van der Waals surface area (Å²) >= 11 is 0. The molecular weight excluding hydrogens is 267 g/mol. The summed E-state index contributed by atoms with van der Waals surface area (Å²) in [6.07, 6.45) is -0.702. The highest BCUT2D eigenvalue weighted by Gasteiger charge is 2.18. The number of hydrogen-bond acceptors (Lipinski definition) is 4. The van der Waals surface area contributed by atoms with E-state index in [1.807, 2.05) is 5.32 Å². The van der Waals surface area contributed by atoms with E-state index in [2.05, 4.69) is 0 Å². The predicted molar refractivity (Wildman–Crippen MR) is 68.0 cm³/mol. The topological polar surface area (TPSA) is 98.5 Å².